The van der Waals surface area contributed by atoms with Crippen molar-refractivity contribution < 1.29 is 9.90 Å². The van der Waals surface area contributed by atoms with Crippen molar-refractivity contribution >= 4 is 5.97 Å². The minimum Gasteiger partial charge on any atom is -0.481 e. The fourth-order valence-corrected chi connectivity index (χ4v) is 1.69. The minimum atomic E-state index is -0.670. The maximum absolute atomic E-state index is 10.0. The second-order valence-electron chi connectivity index (χ2n) is 4.88. The lowest BCUT2D eigenvalue weighted by molar-refractivity contribution is -0.137. The van der Waals surface area contributed by atoms with Gasteiger partial charge in [-0.25, -0.2) is 0 Å². The number of carboxylic acids is 1. The van der Waals surface area contributed by atoms with Crippen LogP contribution >= 0.6 is 0 Å². The maximum Gasteiger partial charge on any atom is 0.303 e. The summed E-state index contributed by atoms with van der Waals surface area (Å²) in [5, 5.41) is 16.4. The highest BCUT2D eigenvalue weighted by Gasteiger charge is 1.94. The number of unbranched alkanes of at least 4 members (excludes halogenated alkanes) is 9. The third kappa shape index (κ3) is 26.5. The van der Waals surface area contributed by atoms with Crippen molar-refractivity contribution in [3.63, 3.8) is 0 Å². The molecule has 0 aliphatic rings. The molecule has 3 heteroatoms. The average Bonchev–Trinajstić information content (AvgIpc) is 2.39. The molecule has 0 aliphatic heterocycles. The van der Waals surface area contributed by atoms with Crippen LogP contribution in [0.4, 0.5) is 0 Å². The highest BCUT2D eigenvalue weighted by Crippen LogP contribution is 2.04. The lowest BCUT2D eigenvalue weighted by atomic mass is 10.1. The van der Waals surface area contributed by atoms with Crippen LogP contribution in [-0.4, -0.2) is 11.1 Å². The topological polar surface area (TPSA) is 61.1 Å². The first kappa shape index (κ1) is 20.3. The number of hydrogen-bond acceptors (Lipinski definition) is 2. The van der Waals surface area contributed by atoms with E-state index in [1.165, 1.54) is 44.9 Å². The van der Waals surface area contributed by atoms with Gasteiger partial charge in [0.1, 0.15) is 0 Å². The van der Waals surface area contributed by atoms with E-state index >= 15 is 0 Å². The lowest BCUT2D eigenvalue weighted by Crippen LogP contribution is -1.93. The van der Waals surface area contributed by atoms with Crippen molar-refractivity contribution in [1.82, 2.24) is 0 Å². The van der Waals surface area contributed by atoms with E-state index in [9.17, 15) is 4.79 Å². The van der Waals surface area contributed by atoms with Crippen molar-refractivity contribution in [3.05, 3.63) is 0 Å². The molecule has 0 saturated heterocycles. The van der Waals surface area contributed by atoms with Gasteiger partial charge in [0.05, 0.1) is 6.07 Å². The summed E-state index contributed by atoms with van der Waals surface area (Å²) in [5.74, 6) is -0.670. The predicted octanol–water partition coefficient (Wildman–Crippen LogP) is 5.30. The van der Waals surface area contributed by atoms with Gasteiger partial charge >= 0.3 is 5.97 Å². The van der Waals surface area contributed by atoms with E-state index in [4.69, 9.17) is 10.4 Å². The van der Waals surface area contributed by atoms with E-state index in [1.807, 2.05) is 0 Å². The largest absolute Gasteiger partial charge is 0.481 e. The lowest BCUT2D eigenvalue weighted by Gasteiger charge is -1.95. The Hall–Kier alpha value is -1.04. The Morgan fingerprint density at radius 2 is 1.37 bits per heavy atom. The number of aliphatic carboxylic acids is 1. The van der Waals surface area contributed by atoms with Crippen LogP contribution in [0.25, 0.3) is 0 Å². The standard InChI is InChI=1S/C8H15N.C8H16O2/c1-2-3-4-5-6-7-8-9;1-2-3-4-5-6-7-8(9)10/h2-7H2,1H3;2-7H2,1H3,(H,9,10). The second-order valence-corrected chi connectivity index (χ2v) is 4.88. The molecule has 0 unspecified atom stereocenters. The molecule has 0 aliphatic carbocycles. The summed E-state index contributed by atoms with van der Waals surface area (Å²) in [6.45, 7) is 4.35. The molecule has 0 saturated carbocycles. The van der Waals surface area contributed by atoms with Crippen LogP contribution < -0.4 is 0 Å². The summed E-state index contributed by atoms with van der Waals surface area (Å²) in [6.07, 6.45) is 12.9. The van der Waals surface area contributed by atoms with Crippen LogP contribution in [-0.2, 0) is 4.79 Å². The summed E-state index contributed by atoms with van der Waals surface area (Å²) in [5.41, 5.74) is 0. The van der Waals surface area contributed by atoms with Crippen molar-refractivity contribution in [2.45, 2.75) is 90.9 Å². The molecule has 3 nitrogen and oxygen atoms in total. The van der Waals surface area contributed by atoms with Crippen LogP contribution in [0.2, 0.25) is 0 Å². The molecule has 0 bridgehead atoms. The van der Waals surface area contributed by atoms with E-state index in [0.29, 0.717) is 6.42 Å². The van der Waals surface area contributed by atoms with Gasteiger partial charge in [-0.2, -0.15) is 5.26 Å². The van der Waals surface area contributed by atoms with Crippen molar-refractivity contribution in [1.29, 1.82) is 5.26 Å². The molecule has 0 aromatic heterocycles. The molecule has 0 aromatic carbocycles. The molecule has 1 N–H and O–H groups in total. The smallest absolute Gasteiger partial charge is 0.303 e. The van der Waals surface area contributed by atoms with Gasteiger partial charge in [0.25, 0.3) is 0 Å². The molecule has 112 valence electrons. The molecule has 0 fully saturated rings. The number of carboxylic acid groups (broad SMARTS) is 1. The maximum atomic E-state index is 10.0. The monoisotopic (exact) mass is 269 g/mol. The van der Waals surface area contributed by atoms with Gasteiger partial charge in [-0.1, -0.05) is 65.2 Å². The van der Waals surface area contributed by atoms with Gasteiger partial charge < -0.3 is 5.11 Å². The molecule has 0 radical (unpaired) electrons. The third-order valence-electron chi connectivity index (χ3n) is 2.89. The first-order valence-corrected chi connectivity index (χ1v) is 7.77. The summed E-state index contributed by atoms with van der Waals surface area (Å²) < 4.78 is 0. The normalized spacial score (nSPS) is 9.32. The van der Waals surface area contributed by atoms with E-state index < -0.39 is 5.97 Å². The van der Waals surface area contributed by atoms with Gasteiger partial charge in [-0.3, -0.25) is 4.79 Å². The van der Waals surface area contributed by atoms with Crippen LogP contribution in [0.3, 0.4) is 0 Å². The number of rotatable bonds is 11. The van der Waals surface area contributed by atoms with E-state index in [-0.39, 0.29) is 0 Å². The molecule has 19 heavy (non-hydrogen) atoms. The summed E-state index contributed by atoms with van der Waals surface area (Å²) in [6, 6.07) is 2.14. The molecule has 0 spiro atoms. The highest BCUT2D eigenvalue weighted by molar-refractivity contribution is 5.66. The van der Waals surface area contributed by atoms with Crippen LogP contribution in [0.1, 0.15) is 90.9 Å². The number of hydrogen-bond donors (Lipinski definition) is 1. The fraction of sp³-hybridized carbons (Fsp3) is 0.875. The summed E-state index contributed by atoms with van der Waals surface area (Å²) >= 11 is 0. The fourth-order valence-electron chi connectivity index (χ4n) is 1.69. The van der Waals surface area contributed by atoms with Gasteiger partial charge in [0, 0.05) is 12.8 Å². The van der Waals surface area contributed by atoms with Gasteiger partial charge in [-0.05, 0) is 12.8 Å². The molecule has 0 aromatic rings. The first-order chi connectivity index (χ1) is 9.18. The molecule has 0 atom stereocenters. The SMILES string of the molecule is CCCCCCCC#N.CCCCCCCC(=O)O. The third-order valence-corrected chi connectivity index (χ3v) is 2.89. The Morgan fingerprint density at radius 1 is 0.895 bits per heavy atom. The first-order valence-electron chi connectivity index (χ1n) is 7.77. The highest BCUT2D eigenvalue weighted by atomic mass is 16.4. The number of nitrogens with zero attached hydrogens (tertiary/aromatic N) is 1. The van der Waals surface area contributed by atoms with Crippen molar-refractivity contribution in [3.8, 4) is 6.07 Å². The van der Waals surface area contributed by atoms with Crippen LogP contribution in [0, 0.1) is 11.3 Å². The minimum absolute atomic E-state index is 0.337. The van der Waals surface area contributed by atoms with E-state index in [2.05, 4.69) is 19.9 Å². The van der Waals surface area contributed by atoms with Crippen LogP contribution in [0.15, 0.2) is 0 Å². The Kier molecular flexibility index (Phi) is 20.6. The number of nitriles is 1. The zero-order valence-corrected chi connectivity index (χ0v) is 12.8. The molecule has 0 amide bonds. The summed E-state index contributed by atoms with van der Waals surface area (Å²) in [4.78, 5) is 10.0. The Labute approximate surface area is 119 Å². The quantitative estimate of drug-likeness (QED) is 0.517. The van der Waals surface area contributed by atoms with Gasteiger partial charge in [0.2, 0.25) is 0 Å². The van der Waals surface area contributed by atoms with E-state index in [1.54, 1.807) is 0 Å². The zero-order chi connectivity index (χ0) is 14.8. The van der Waals surface area contributed by atoms with Crippen molar-refractivity contribution in [2.24, 2.45) is 0 Å². The van der Waals surface area contributed by atoms with Gasteiger partial charge in [0.15, 0.2) is 0 Å². The number of carbonyl (C=O) groups is 1. The van der Waals surface area contributed by atoms with Crippen molar-refractivity contribution in [2.75, 3.05) is 0 Å². The Balaban J connectivity index is 0. The Bertz CT molecular complexity index is 221. The zero-order valence-electron chi connectivity index (χ0n) is 12.8. The second kappa shape index (κ2) is 19.3. The van der Waals surface area contributed by atoms with E-state index in [0.717, 1.165) is 25.7 Å². The van der Waals surface area contributed by atoms with Crippen LogP contribution in [0.5, 0.6) is 0 Å². The van der Waals surface area contributed by atoms with Gasteiger partial charge in [-0.15, -0.1) is 0 Å². The molecular formula is C16H31NO2. The Morgan fingerprint density at radius 3 is 1.79 bits per heavy atom. The predicted molar refractivity (Wildman–Crippen MR) is 80.0 cm³/mol. The molecular weight excluding hydrogens is 238 g/mol. The average molecular weight is 269 g/mol. The molecule has 0 rings (SSSR count). The molecule has 0 heterocycles. The summed E-state index contributed by atoms with van der Waals surface area (Å²) in [7, 11) is 0.